The number of hydrogen-bond acceptors (Lipinski definition) is 5. The van der Waals surface area contributed by atoms with E-state index in [0.29, 0.717) is 11.4 Å². The summed E-state index contributed by atoms with van der Waals surface area (Å²) in [5, 5.41) is 2.50. The van der Waals surface area contributed by atoms with Gasteiger partial charge >= 0.3 is 11.8 Å². The summed E-state index contributed by atoms with van der Waals surface area (Å²) in [6.07, 6.45) is 1.84. The Morgan fingerprint density at radius 3 is 2.64 bits per heavy atom. The Morgan fingerprint density at radius 1 is 1.12 bits per heavy atom. The van der Waals surface area contributed by atoms with Crippen LogP contribution >= 0.6 is 0 Å². The second-order valence-corrected chi connectivity index (χ2v) is 5.80. The second-order valence-electron chi connectivity index (χ2n) is 5.80. The summed E-state index contributed by atoms with van der Waals surface area (Å²) >= 11 is 0. The normalized spacial score (nSPS) is 16.2. The Labute approximate surface area is 143 Å². The molecule has 1 saturated carbocycles. The maximum absolute atomic E-state index is 12.2. The van der Waals surface area contributed by atoms with Crippen LogP contribution in [0.4, 0.5) is 5.69 Å². The zero-order valence-electron chi connectivity index (χ0n) is 13.4. The lowest BCUT2D eigenvalue weighted by Crippen LogP contribution is -2.51. The third-order valence-electron chi connectivity index (χ3n) is 3.77. The Bertz CT molecular complexity index is 716. The highest BCUT2D eigenvalue weighted by molar-refractivity contribution is 6.35. The quantitative estimate of drug-likeness (QED) is 0.491. The van der Waals surface area contributed by atoms with Gasteiger partial charge in [0, 0.05) is 6.04 Å². The number of hydrogen-bond donors (Lipinski definition) is 3. The Kier molecular flexibility index (Phi) is 4.82. The summed E-state index contributed by atoms with van der Waals surface area (Å²) in [5.74, 6) is -2.14. The van der Waals surface area contributed by atoms with Crippen molar-refractivity contribution in [3.05, 3.63) is 24.3 Å². The van der Waals surface area contributed by atoms with E-state index in [1.165, 1.54) is 4.90 Å². The molecule has 2 aliphatic rings. The van der Waals surface area contributed by atoms with Gasteiger partial charge in [-0.2, -0.15) is 0 Å². The lowest BCUT2D eigenvalue weighted by molar-refractivity contribution is -0.140. The van der Waals surface area contributed by atoms with E-state index in [0.717, 1.165) is 12.8 Å². The van der Waals surface area contributed by atoms with Crippen molar-refractivity contribution in [2.24, 2.45) is 0 Å². The first-order valence-corrected chi connectivity index (χ1v) is 7.96. The van der Waals surface area contributed by atoms with Crippen molar-refractivity contribution < 1.29 is 23.9 Å². The highest BCUT2D eigenvalue weighted by Gasteiger charge is 2.27. The van der Waals surface area contributed by atoms with E-state index in [1.807, 2.05) is 5.43 Å². The molecule has 9 nitrogen and oxygen atoms in total. The van der Waals surface area contributed by atoms with Crippen molar-refractivity contribution in [3.63, 3.8) is 0 Å². The average molecular weight is 346 g/mol. The number of amides is 4. The average Bonchev–Trinajstić information content (AvgIpc) is 3.42. The largest absolute Gasteiger partial charge is 0.491 e. The second kappa shape index (κ2) is 7.20. The van der Waals surface area contributed by atoms with Crippen molar-refractivity contribution >= 4 is 29.3 Å². The molecule has 3 rings (SSSR count). The molecular weight excluding hydrogens is 328 g/mol. The molecule has 0 radical (unpaired) electrons. The van der Waals surface area contributed by atoms with Gasteiger partial charge in [0.05, 0.1) is 18.7 Å². The fraction of sp³-hybridized carbons (Fsp3) is 0.375. The minimum Gasteiger partial charge on any atom is -0.491 e. The number of carbonyl (C=O) groups excluding carboxylic acids is 4. The van der Waals surface area contributed by atoms with Crippen LogP contribution in [-0.2, 0) is 19.2 Å². The van der Waals surface area contributed by atoms with Gasteiger partial charge in [-0.15, -0.1) is 0 Å². The number of anilines is 1. The fourth-order valence-electron chi connectivity index (χ4n) is 2.34. The van der Waals surface area contributed by atoms with E-state index >= 15 is 0 Å². The molecule has 4 amide bonds. The lowest BCUT2D eigenvalue weighted by Gasteiger charge is -2.21. The van der Waals surface area contributed by atoms with E-state index in [4.69, 9.17) is 4.74 Å². The monoisotopic (exact) mass is 346 g/mol. The molecule has 1 aromatic rings. The van der Waals surface area contributed by atoms with Gasteiger partial charge in [-0.1, -0.05) is 12.1 Å². The van der Waals surface area contributed by atoms with Gasteiger partial charge in [0.1, 0.15) is 12.3 Å². The van der Waals surface area contributed by atoms with E-state index < -0.39 is 17.7 Å². The summed E-state index contributed by atoms with van der Waals surface area (Å²) in [4.78, 5) is 48.6. The molecule has 0 atom stereocenters. The van der Waals surface area contributed by atoms with Crippen LogP contribution in [0.15, 0.2) is 24.3 Å². The summed E-state index contributed by atoms with van der Waals surface area (Å²) in [6, 6.07) is 6.93. The van der Waals surface area contributed by atoms with Gasteiger partial charge < -0.3 is 10.1 Å². The van der Waals surface area contributed by atoms with Crippen molar-refractivity contribution in [3.8, 4) is 5.75 Å². The van der Waals surface area contributed by atoms with Crippen LogP contribution in [0.2, 0.25) is 0 Å². The van der Waals surface area contributed by atoms with Crippen LogP contribution in [0, 0.1) is 0 Å². The minimum atomic E-state index is -0.953. The predicted octanol–water partition coefficient (Wildman–Crippen LogP) is -0.772. The molecule has 0 bridgehead atoms. The third-order valence-corrected chi connectivity index (χ3v) is 3.77. The molecule has 0 aromatic heterocycles. The van der Waals surface area contributed by atoms with Crippen LogP contribution in [0.3, 0.4) is 0 Å². The van der Waals surface area contributed by atoms with Crippen molar-refractivity contribution in [1.29, 1.82) is 0 Å². The Hall–Kier alpha value is -3.10. The molecule has 1 aliphatic carbocycles. The molecule has 132 valence electrons. The van der Waals surface area contributed by atoms with Crippen LogP contribution < -0.4 is 25.8 Å². The first-order chi connectivity index (χ1) is 12.0. The molecular formula is C16H18N4O5. The summed E-state index contributed by atoms with van der Waals surface area (Å²) < 4.78 is 5.49. The summed E-state index contributed by atoms with van der Waals surface area (Å²) in [5.41, 5.74) is 4.67. The highest BCUT2D eigenvalue weighted by atomic mass is 16.5. The first kappa shape index (κ1) is 16.7. The van der Waals surface area contributed by atoms with Gasteiger partial charge in [0.15, 0.2) is 0 Å². The molecule has 1 fully saturated rings. The molecule has 3 N–H and O–H groups in total. The highest BCUT2D eigenvalue weighted by Crippen LogP contribution is 2.30. The van der Waals surface area contributed by atoms with Gasteiger partial charge in [-0.25, -0.2) is 0 Å². The van der Waals surface area contributed by atoms with Crippen molar-refractivity contribution in [2.75, 3.05) is 18.1 Å². The van der Waals surface area contributed by atoms with Crippen LogP contribution in [0.1, 0.15) is 19.3 Å². The van der Waals surface area contributed by atoms with E-state index in [9.17, 15) is 19.2 Å². The Balaban J connectivity index is 1.57. The summed E-state index contributed by atoms with van der Waals surface area (Å²) in [7, 11) is 0. The number of para-hydroxylation sites is 2. The number of ether oxygens (including phenoxy) is 1. The number of rotatable bonds is 3. The van der Waals surface area contributed by atoms with Crippen LogP contribution in [0.25, 0.3) is 0 Å². The lowest BCUT2D eigenvalue weighted by atomic mass is 10.2. The topological polar surface area (TPSA) is 117 Å². The van der Waals surface area contributed by atoms with E-state index in [1.54, 1.807) is 24.3 Å². The Morgan fingerprint density at radius 2 is 1.88 bits per heavy atom. The zero-order valence-corrected chi connectivity index (χ0v) is 13.4. The van der Waals surface area contributed by atoms with Crippen molar-refractivity contribution in [2.45, 2.75) is 25.3 Å². The number of fused-ring (bicyclic) bond motifs is 1. The summed E-state index contributed by atoms with van der Waals surface area (Å²) in [6.45, 7) is -0.0736. The van der Waals surface area contributed by atoms with Gasteiger partial charge in [0.2, 0.25) is 5.91 Å². The van der Waals surface area contributed by atoms with Crippen LogP contribution in [0.5, 0.6) is 5.75 Å². The van der Waals surface area contributed by atoms with Gasteiger partial charge in [0.25, 0.3) is 5.91 Å². The van der Waals surface area contributed by atoms with Gasteiger partial charge in [-0.05, 0) is 25.0 Å². The number of nitrogens with zero attached hydrogens (tertiary/aromatic N) is 1. The molecule has 1 aliphatic heterocycles. The van der Waals surface area contributed by atoms with Gasteiger partial charge in [-0.3, -0.25) is 34.9 Å². The molecule has 25 heavy (non-hydrogen) atoms. The standard InChI is InChI=1S/C16H18N4O5/c21-13(18-19-16(24)15(23)17-10-5-6-10)9-20-11-3-1-2-4-12(11)25-8-7-14(20)22/h1-4,10H,5-9H2,(H,17,23)(H,18,21)(H,19,24). The molecule has 9 heteroatoms. The SMILES string of the molecule is O=C(CN1C(=O)CCOc2ccccc21)NNC(=O)C(=O)NC1CC1. The molecule has 1 aromatic carbocycles. The van der Waals surface area contributed by atoms with Crippen molar-refractivity contribution in [1.82, 2.24) is 16.2 Å². The number of hydrazine groups is 1. The maximum atomic E-state index is 12.2. The fourth-order valence-corrected chi connectivity index (χ4v) is 2.34. The number of benzene rings is 1. The maximum Gasteiger partial charge on any atom is 0.327 e. The minimum absolute atomic E-state index is 0.0418. The van der Waals surface area contributed by atoms with E-state index in [2.05, 4.69) is 10.7 Å². The van der Waals surface area contributed by atoms with E-state index in [-0.39, 0.29) is 31.5 Å². The number of nitrogens with one attached hydrogen (secondary N) is 3. The zero-order chi connectivity index (χ0) is 17.8. The molecule has 1 heterocycles. The van der Waals surface area contributed by atoms with Crippen LogP contribution in [-0.4, -0.2) is 42.8 Å². The third kappa shape index (κ3) is 4.25. The smallest absolute Gasteiger partial charge is 0.327 e. The predicted molar refractivity (Wildman–Crippen MR) is 86.4 cm³/mol. The molecule has 0 saturated heterocycles. The first-order valence-electron chi connectivity index (χ1n) is 7.96. The number of carbonyl (C=O) groups is 4. The molecule has 0 spiro atoms. The molecule has 0 unspecified atom stereocenters.